The van der Waals surface area contributed by atoms with E-state index < -0.39 is 23.7 Å². The SMILES string of the molecule is CCOc1cc(C(CSC)N2C(=O)c3ccc(F)cc3C2=O)ccc1OC. The van der Waals surface area contributed by atoms with E-state index >= 15 is 0 Å². The lowest BCUT2D eigenvalue weighted by Gasteiger charge is -2.26. The Morgan fingerprint density at radius 2 is 1.81 bits per heavy atom. The number of thioether (sulfide) groups is 1. The van der Waals surface area contributed by atoms with Crippen molar-refractivity contribution in [1.82, 2.24) is 4.90 Å². The number of hydrogen-bond donors (Lipinski definition) is 0. The molecule has 0 saturated carbocycles. The molecule has 3 rings (SSSR count). The fourth-order valence-electron chi connectivity index (χ4n) is 3.16. The van der Waals surface area contributed by atoms with Crippen molar-refractivity contribution in [2.45, 2.75) is 13.0 Å². The van der Waals surface area contributed by atoms with Gasteiger partial charge < -0.3 is 9.47 Å². The Hall–Kier alpha value is -2.54. The van der Waals surface area contributed by atoms with Crippen molar-refractivity contribution >= 4 is 23.6 Å². The zero-order valence-corrected chi connectivity index (χ0v) is 16.1. The Kier molecular flexibility index (Phi) is 5.70. The number of fused-ring (bicyclic) bond motifs is 1. The molecule has 2 amide bonds. The van der Waals surface area contributed by atoms with Crippen LogP contribution < -0.4 is 9.47 Å². The summed E-state index contributed by atoms with van der Waals surface area (Å²) < 4.78 is 24.5. The lowest BCUT2D eigenvalue weighted by molar-refractivity contribution is 0.0598. The average molecular weight is 389 g/mol. The summed E-state index contributed by atoms with van der Waals surface area (Å²) in [6.07, 6.45) is 1.90. The highest BCUT2D eigenvalue weighted by atomic mass is 32.2. The molecule has 1 aliphatic rings. The third-order valence-electron chi connectivity index (χ3n) is 4.39. The van der Waals surface area contributed by atoms with Gasteiger partial charge in [-0.25, -0.2) is 4.39 Å². The Labute approximate surface area is 161 Å². The van der Waals surface area contributed by atoms with E-state index in [2.05, 4.69) is 0 Å². The van der Waals surface area contributed by atoms with Gasteiger partial charge in [-0.1, -0.05) is 6.07 Å². The van der Waals surface area contributed by atoms with Gasteiger partial charge in [0.25, 0.3) is 11.8 Å². The average Bonchev–Trinajstić information content (AvgIpc) is 2.90. The normalized spacial score (nSPS) is 14.3. The number of benzene rings is 2. The van der Waals surface area contributed by atoms with Gasteiger partial charge in [-0.05, 0) is 49.1 Å². The summed E-state index contributed by atoms with van der Waals surface area (Å²) in [6, 6.07) is 8.52. The van der Waals surface area contributed by atoms with Crippen LogP contribution in [-0.4, -0.2) is 42.4 Å². The highest BCUT2D eigenvalue weighted by molar-refractivity contribution is 7.98. The number of hydrogen-bond acceptors (Lipinski definition) is 5. The van der Waals surface area contributed by atoms with E-state index in [4.69, 9.17) is 9.47 Å². The molecule has 0 radical (unpaired) electrons. The zero-order valence-electron chi connectivity index (χ0n) is 15.3. The van der Waals surface area contributed by atoms with Gasteiger partial charge in [0.15, 0.2) is 11.5 Å². The molecule has 0 bridgehead atoms. The van der Waals surface area contributed by atoms with Gasteiger partial charge in [0.05, 0.1) is 30.9 Å². The summed E-state index contributed by atoms with van der Waals surface area (Å²) in [7, 11) is 1.55. The van der Waals surface area contributed by atoms with Gasteiger partial charge in [-0.2, -0.15) is 11.8 Å². The minimum atomic E-state index is -0.541. The first-order valence-electron chi connectivity index (χ1n) is 8.48. The van der Waals surface area contributed by atoms with Gasteiger partial charge in [0.1, 0.15) is 5.82 Å². The van der Waals surface area contributed by atoms with Crippen molar-refractivity contribution in [3.8, 4) is 11.5 Å². The van der Waals surface area contributed by atoms with Crippen molar-refractivity contribution in [3.63, 3.8) is 0 Å². The molecule has 0 aliphatic carbocycles. The van der Waals surface area contributed by atoms with Crippen LogP contribution in [0.1, 0.15) is 39.2 Å². The molecule has 1 heterocycles. The molecule has 0 spiro atoms. The van der Waals surface area contributed by atoms with Crippen LogP contribution >= 0.6 is 11.8 Å². The van der Waals surface area contributed by atoms with E-state index in [1.165, 1.54) is 28.8 Å². The zero-order chi connectivity index (χ0) is 19.6. The van der Waals surface area contributed by atoms with Crippen molar-refractivity contribution in [3.05, 3.63) is 58.9 Å². The summed E-state index contributed by atoms with van der Waals surface area (Å²) in [6.45, 7) is 2.32. The first kappa shape index (κ1) is 19.2. The molecule has 2 aromatic carbocycles. The van der Waals surface area contributed by atoms with Gasteiger partial charge in [0, 0.05) is 5.75 Å². The largest absolute Gasteiger partial charge is 0.493 e. The number of carbonyl (C=O) groups is 2. The van der Waals surface area contributed by atoms with Crippen LogP contribution in [0.4, 0.5) is 4.39 Å². The number of ether oxygens (including phenoxy) is 2. The van der Waals surface area contributed by atoms with Crippen molar-refractivity contribution in [1.29, 1.82) is 0 Å². The number of carbonyl (C=O) groups excluding carboxylic acids is 2. The number of methoxy groups -OCH3 is 1. The van der Waals surface area contributed by atoms with Crippen LogP contribution in [0, 0.1) is 5.82 Å². The first-order valence-corrected chi connectivity index (χ1v) is 9.88. The summed E-state index contributed by atoms with van der Waals surface area (Å²) in [5.74, 6) is 0.192. The Morgan fingerprint density at radius 1 is 1.07 bits per heavy atom. The predicted octanol–water partition coefficient (Wildman–Crippen LogP) is 3.93. The molecular weight excluding hydrogens is 369 g/mol. The highest BCUT2D eigenvalue weighted by Gasteiger charge is 2.40. The maximum absolute atomic E-state index is 13.6. The summed E-state index contributed by atoms with van der Waals surface area (Å²) >= 11 is 1.51. The maximum atomic E-state index is 13.6. The quantitative estimate of drug-likeness (QED) is 0.672. The van der Waals surface area contributed by atoms with Crippen molar-refractivity contribution < 1.29 is 23.5 Å². The predicted molar refractivity (Wildman–Crippen MR) is 102 cm³/mol. The maximum Gasteiger partial charge on any atom is 0.262 e. The van der Waals surface area contributed by atoms with Crippen molar-refractivity contribution in [2.75, 3.05) is 25.7 Å². The minimum absolute atomic E-state index is 0.102. The molecule has 0 saturated heterocycles. The third kappa shape index (κ3) is 3.51. The molecular formula is C20H20FNO4S. The summed E-state index contributed by atoms with van der Waals surface area (Å²) in [5.41, 5.74) is 1.08. The molecule has 0 aromatic heterocycles. The van der Waals surface area contributed by atoms with E-state index in [9.17, 15) is 14.0 Å². The van der Waals surface area contributed by atoms with Crippen LogP contribution in [0.15, 0.2) is 36.4 Å². The van der Waals surface area contributed by atoms with E-state index in [1.807, 2.05) is 19.2 Å². The molecule has 7 heteroatoms. The first-order chi connectivity index (χ1) is 13.0. The Morgan fingerprint density at radius 3 is 2.48 bits per heavy atom. The summed E-state index contributed by atoms with van der Waals surface area (Å²) in [4.78, 5) is 26.9. The Bertz CT molecular complexity index is 886. The highest BCUT2D eigenvalue weighted by Crippen LogP contribution is 2.37. The molecule has 1 aliphatic heterocycles. The number of halogens is 1. The third-order valence-corrected chi connectivity index (χ3v) is 5.04. The molecule has 142 valence electrons. The molecule has 1 atom stereocenters. The van der Waals surface area contributed by atoms with E-state index in [1.54, 1.807) is 19.2 Å². The van der Waals surface area contributed by atoms with Gasteiger partial charge in [-0.15, -0.1) is 0 Å². The number of imide groups is 1. The standard InChI is InChI=1S/C20H20FNO4S/c1-4-26-18-9-12(5-8-17(18)25-2)16(11-27-3)22-19(23)14-7-6-13(21)10-15(14)20(22)24/h5-10,16H,4,11H2,1-3H3. The second kappa shape index (κ2) is 8.00. The van der Waals surface area contributed by atoms with Gasteiger partial charge >= 0.3 is 0 Å². The molecule has 0 N–H and O–H groups in total. The molecule has 5 nitrogen and oxygen atoms in total. The van der Waals surface area contributed by atoms with E-state index in [0.29, 0.717) is 23.9 Å². The lowest BCUT2D eigenvalue weighted by Crippen LogP contribution is -2.35. The Balaban J connectivity index is 2.03. The summed E-state index contributed by atoms with van der Waals surface area (Å²) in [5, 5.41) is 0. The van der Waals surface area contributed by atoms with E-state index in [-0.39, 0.29) is 11.1 Å². The smallest absolute Gasteiger partial charge is 0.262 e. The van der Waals surface area contributed by atoms with Crippen molar-refractivity contribution in [2.24, 2.45) is 0 Å². The second-order valence-electron chi connectivity index (χ2n) is 5.98. The van der Waals surface area contributed by atoms with Crippen LogP contribution in [0.5, 0.6) is 11.5 Å². The molecule has 0 fully saturated rings. The number of rotatable bonds is 7. The lowest BCUT2D eigenvalue weighted by atomic mass is 10.1. The van der Waals surface area contributed by atoms with Crippen LogP contribution in [0.3, 0.4) is 0 Å². The fraction of sp³-hybridized carbons (Fsp3) is 0.300. The van der Waals surface area contributed by atoms with Gasteiger partial charge in [-0.3, -0.25) is 14.5 Å². The number of amides is 2. The second-order valence-corrected chi connectivity index (χ2v) is 6.90. The molecule has 2 aromatic rings. The topological polar surface area (TPSA) is 55.8 Å². The monoisotopic (exact) mass is 389 g/mol. The van der Waals surface area contributed by atoms with E-state index in [0.717, 1.165) is 11.6 Å². The fourth-order valence-corrected chi connectivity index (χ4v) is 3.82. The van der Waals surface area contributed by atoms with Crippen LogP contribution in [-0.2, 0) is 0 Å². The van der Waals surface area contributed by atoms with Crippen LogP contribution in [0.25, 0.3) is 0 Å². The minimum Gasteiger partial charge on any atom is -0.493 e. The molecule has 27 heavy (non-hydrogen) atoms. The molecule has 1 unspecified atom stereocenters. The number of nitrogens with zero attached hydrogens (tertiary/aromatic N) is 1. The van der Waals surface area contributed by atoms with Crippen LogP contribution in [0.2, 0.25) is 0 Å². The van der Waals surface area contributed by atoms with Gasteiger partial charge in [0.2, 0.25) is 0 Å².